The number of amides is 1. The molecule has 0 atom stereocenters. The Morgan fingerprint density at radius 1 is 1.17 bits per heavy atom. The van der Waals surface area contributed by atoms with E-state index < -0.39 is 0 Å². The third-order valence-electron chi connectivity index (χ3n) is 3.16. The van der Waals surface area contributed by atoms with Gasteiger partial charge < -0.3 is 19.5 Å². The zero-order chi connectivity index (χ0) is 17.5. The molecule has 8 heteroatoms. The lowest BCUT2D eigenvalue weighted by Crippen LogP contribution is -2.38. The maximum absolute atomic E-state index is 12.4. The molecule has 1 aromatic heterocycles. The molecule has 128 valence electrons. The molecular weight excluding hydrogens is 348 g/mol. The van der Waals surface area contributed by atoms with Crippen molar-refractivity contribution in [2.45, 2.75) is 6.54 Å². The predicted octanol–water partition coefficient (Wildman–Crippen LogP) is 2.58. The minimum absolute atomic E-state index is 0.252. The second kappa shape index (κ2) is 8.51. The van der Waals surface area contributed by atoms with Crippen LogP contribution in [0, 0.1) is 0 Å². The third-order valence-corrected chi connectivity index (χ3v) is 4.28. The molecule has 0 aliphatic rings. The summed E-state index contributed by atoms with van der Waals surface area (Å²) in [6.45, 7) is 0.562. The molecule has 2 N–H and O–H groups in total. The maximum Gasteiger partial charge on any atom is 0.257 e. The van der Waals surface area contributed by atoms with Crippen molar-refractivity contribution in [3.8, 4) is 17.2 Å². The lowest BCUT2D eigenvalue weighted by Gasteiger charge is -2.14. The Morgan fingerprint density at radius 2 is 1.83 bits per heavy atom. The van der Waals surface area contributed by atoms with Crippen LogP contribution >= 0.6 is 23.6 Å². The molecule has 0 bridgehead atoms. The molecular formula is C16H18N2O4S2. The Labute approximate surface area is 149 Å². The van der Waals surface area contributed by atoms with E-state index in [1.54, 1.807) is 23.5 Å². The lowest BCUT2D eigenvalue weighted by atomic mass is 10.1. The summed E-state index contributed by atoms with van der Waals surface area (Å²) in [6, 6.07) is 7.08. The number of hydrogen-bond donors (Lipinski definition) is 2. The standard InChI is InChI=1S/C16H18N2O4S2/c1-20-12-7-10(8-13(21-2)14(12)22-3)15(19)18-16(23)17-9-11-5-4-6-24-11/h4-8H,9H2,1-3H3,(H2,17,18,19,23). The number of thiocarbonyl (C=S) groups is 1. The Balaban J connectivity index is 2.07. The van der Waals surface area contributed by atoms with Crippen molar-refractivity contribution >= 4 is 34.6 Å². The smallest absolute Gasteiger partial charge is 0.257 e. The first kappa shape index (κ1) is 18.0. The van der Waals surface area contributed by atoms with Crippen molar-refractivity contribution < 1.29 is 19.0 Å². The van der Waals surface area contributed by atoms with Crippen LogP contribution in [-0.4, -0.2) is 32.3 Å². The highest BCUT2D eigenvalue weighted by atomic mass is 32.1. The average Bonchev–Trinajstić information content (AvgIpc) is 3.11. The van der Waals surface area contributed by atoms with Crippen molar-refractivity contribution in [2.75, 3.05) is 21.3 Å². The summed E-state index contributed by atoms with van der Waals surface area (Å²) in [5.74, 6) is 0.867. The molecule has 0 spiro atoms. The van der Waals surface area contributed by atoms with Gasteiger partial charge in [0.25, 0.3) is 5.91 Å². The van der Waals surface area contributed by atoms with Crippen molar-refractivity contribution in [2.24, 2.45) is 0 Å². The number of thiophene rings is 1. The van der Waals surface area contributed by atoms with Gasteiger partial charge in [0.05, 0.1) is 27.9 Å². The van der Waals surface area contributed by atoms with E-state index in [0.29, 0.717) is 29.4 Å². The van der Waals surface area contributed by atoms with Crippen LogP contribution < -0.4 is 24.8 Å². The molecule has 1 heterocycles. The summed E-state index contributed by atoms with van der Waals surface area (Å²) in [5.41, 5.74) is 0.352. The number of rotatable bonds is 6. The molecule has 24 heavy (non-hydrogen) atoms. The van der Waals surface area contributed by atoms with Crippen LogP contribution in [0.1, 0.15) is 15.2 Å². The molecule has 0 radical (unpaired) electrons. The number of benzene rings is 1. The Hall–Kier alpha value is -2.32. The molecule has 6 nitrogen and oxygen atoms in total. The first-order valence-corrected chi connectivity index (χ1v) is 8.29. The molecule has 1 aromatic carbocycles. The van der Waals surface area contributed by atoms with Gasteiger partial charge in [-0.25, -0.2) is 0 Å². The fourth-order valence-electron chi connectivity index (χ4n) is 2.01. The second-order valence-electron chi connectivity index (χ2n) is 4.63. The van der Waals surface area contributed by atoms with Gasteiger partial charge in [-0.2, -0.15) is 0 Å². The van der Waals surface area contributed by atoms with Gasteiger partial charge in [0, 0.05) is 10.4 Å². The number of carbonyl (C=O) groups is 1. The van der Waals surface area contributed by atoms with E-state index >= 15 is 0 Å². The van der Waals surface area contributed by atoms with Gasteiger partial charge in [0.2, 0.25) is 5.75 Å². The Kier molecular flexibility index (Phi) is 6.39. The third kappa shape index (κ3) is 4.36. The zero-order valence-corrected chi connectivity index (χ0v) is 15.2. The quantitative estimate of drug-likeness (QED) is 0.766. The van der Waals surface area contributed by atoms with E-state index in [2.05, 4.69) is 10.6 Å². The van der Waals surface area contributed by atoms with Gasteiger partial charge in [0.1, 0.15) is 0 Å². The van der Waals surface area contributed by atoms with Crippen LogP contribution in [0.2, 0.25) is 0 Å². The summed E-state index contributed by atoms with van der Waals surface area (Å²) >= 11 is 6.76. The molecule has 2 aromatic rings. The van der Waals surface area contributed by atoms with Gasteiger partial charge in [-0.3, -0.25) is 10.1 Å². The molecule has 1 amide bonds. The van der Waals surface area contributed by atoms with Crippen LogP contribution in [0.25, 0.3) is 0 Å². The van der Waals surface area contributed by atoms with Gasteiger partial charge in [0.15, 0.2) is 16.6 Å². The van der Waals surface area contributed by atoms with Crippen LogP contribution in [0.4, 0.5) is 0 Å². The molecule has 0 saturated carbocycles. The topological polar surface area (TPSA) is 68.8 Å². The van der Waals surface area contributed by atoms with Gasteiger partial charge in [-0.05, 0) is 35.8 Å². The van der Waals surface area contributed by atoms with Crippen LogP contribution in [0.15, 0.2) is 29.6 Å². The summed E-state index contributed by atoms with van der Waals surface area (Å²) < 4.78 is 15.7. The molecule has 0 unspecified atom stereocenters. The van der Waals surface area contributed by atoms with E-state index in [1.165, 1.54) is 21.3 Å². The largest absolute Gasteiger partial charge is 0.493 e. The van der Waals surface area contributed by atoms with Gasteiger partial charge in [-0.1, -0.05) is 6.07 Å². The molecule has 0 aliphatic heterocycles. The predicted molar refractivity (Wildman–Crippen MR) is 97.3 cm³/mol. The normalized spacial score (nSPS) is 9.96. The zero-order valence-electron chi connectivity index (χ0n) is 13.5. The van der Waals surface area contributed by atoms with Crippen molar-refractivity contribution in [1.82, 2.24) is 10.6 Å². The Bertz CT molecular complexity index is 692. The Morgan fingerprint density at radius 3 is 2.33 bits per heavy atom. The second-order valence-corrected chi connectivity index (χ2v) is 6.07. The number of nitrogens with one attached hydrogen (secondary N) is 2. The van der Waals surface area contributed by atoms with E-state index in [1.807, 2.05) is 17.5 Å². The monoisotopic (exact) mass is 366 g/mol. The minimum atomic E-state index is -0.363. The summed E-state index contributed by atoms with van der Waals surface area (Å²) in [6.07, 6.45) is 0. The van der Waals surface area contributed by atoms with E-state index in [0.717, 1.165) is 4.88 Å². The van der Waals surface area contributed by atoms with Crippen molar-refractivity contribution in [3.05, 3.63) is 40.1 Å². The van der Waals surface area contributed by atoms with Crippen molar-refractivity contribution in [3.63, 3.8) is 0 Å². The summed E-state index contributed by atoms with van der Waals surface area (Å²) in [7, 11) is 4.49. The van der Waals surface area contributed by atoms with Crippen molar-refractivity contribution in [1.29, 1.82) is 0 Å². The SMILES string of the molecule is COc1cc(C(=O)NC(=S)NCc2cccs2)cc(OC)c1OC. The number of carbonyl (C=O) groups excluding carboxylic acids is 1. The fraction of sp³-hybridized carbons (Fsp3) is 0.250. The summed E-state index contributed by atoms with van der Waals surface area (Å²) in [4.78, 5) is 13.5. The molecule has 0 aliphatic carbocycles. The summed E-state index contributed by atoms with van der Waals surface area (Å²) in [5, 5.41) is 7.85. The van der Waals surface area contributed by atoms with E-state index in [-0.39, 0.29) is 11.0 Å². The molecule has 0 saturated heterocycles. The number of methoxy groups -OCH3 is 3. The highest BCUT2D eigenvalue weighted by molar-refractivity contribution is 7.80. The van der Waals surface area contributed by atoms with E-state index in [4.69, 9.17) is 26.4 Å². The number of ether oxygens (including phenoxy) is 3. The van der Waals surface area contributed by atoms with Gasteiger partial charge in [-0.15, -0.1) is 11.3 Å². The van der Waals surface area contributed by atoms with Gasteiger partial charge >= 0.3 is 0 Å². The van der Waals surface area contributed by atoms with Crippen LogP contribution in [0.5, 0.6) is 17.2 Å². The number of hydrogen-bond acceptors (Lipinski definition) is 6. The lowest BCUT2D eigenvalue weighted by molar-refractivity contribution is 0.0976. The fourth-order valence-corrected chi connectivity index (χ4v) is 2.82. The van der Waals surface area contributed by atoms with Crippen LogP contribution in [-0.2, 0) is 6.54 Å². The van der Waals surface area contributed by atoms with Crippen LogP contribution in [0.3, 0.4) is 0 Å². The highest BCUT2D eigenvalue weighted by Crippen LogP contribution is 2.38. The first-order valence-electron chi connectivity index (χ1n) is 7.00. The minimum Gasteiger partial charge on any atom is -0.493 e. The first-order chi connectivity index (χ1) is 11.6. The maximum atomic E-state index is 12.4. The molecule has 0 fully saturated rings. The average molecular weight is 366 g/mol. The molecule has 2 rings (SSSR count). The highest BCUT2D eigenvalue weighted by Gasteiger charge is 2.17. The van der Waals surface area contributed by atoms with E-state index in [9.17, 15) is 4.79 Å².